The van der Waals surface area contributed by atoms with Crippen LogP contribution in [0.5, 0.6) is 5.75 Å². The Morgan fingerprint density at radius 2 is 2.11 bits per heavy atom. The van der Waals surface area contributed by atoms with Gasteiger partial charge in [-0.2, -0.15) is 0 Å². The van der Waals surface area contributed by atoms with Gasteiger partial charge in [-0.1, -0.05) is 15.9 Å². The summed E-state index contributed by atoms with van der Waals surface area (Å²) in [7, 11) is 1.66. The number of hydrogen-bond acceptors (Lipinski definition) is 3. The van der Waals surface area contributed by atoms with E-state index in [4.69, 9.17) is 4.74 Å². The van der Waals surface area contributed by atoms with E-state index in [0.717, 1.165) is 32.6 Å². The zero-order chi connectivity index (χ0) is 13.2. The zero-order valence-corrected chi connectivity index (χ0v) is 11.9. The molecule has 3 aromatic rings. The summed E-state index contributed by atoms with van der Waals surface area (Å²) < 4.78 is 6.35. The lowest BCUT2D eigenvalue weighted by molar-refractivity contribution is 0.417. The Hall–Kier alpha value is -2.01. The fourth-order valence-corrected chi connectivity index (χ4v) is 2.35. The van der Waals surface area contributed by atoms with Crippen LogP contribution in [-0.4, -0.2) is 17.1 Å². The molecule has 3 rings (SSSR count). The zero-order valence-electron chi connectivity index (χ0n) is 10.3. The van der Waals surface area contributed by atoms with Crippen molar-refractivity contribution in [1.29, 1.82) is 0 Å². The molecule has 0 fully saturated rings. The van der Waals surface area contributed by atoms with Crippen molar-refractivity contribution in [2.24, 2.45) is 0 Å². The van der Waals surface area contributed by atoms with Crippen LogP contribution in [0.1, 0.15) is 0 Å². The van der Waals surface area contributed by atoms with E-state index in [9.17, 15) is 0 Å². The molecule has 4 nitrogen and oxygen atoms in total. The van der Waals surface area contributed by atoms with Crippen molar-refractivity contribution in [3.63, 3.8) is 0 Å². The van der Waals surface area contributed by atoms with E-state index in [2.05, 4.69) is 31.2 Å². The molecule has 2 N–H and O–H groups in total. The van der Waals surface area contributed by atoms with E-state index in [1.165, 1.54) is 0 Å². The summed E-state index contributed by atoms with van der Waals surface area (Å²) in [6.07, 6.45) is 3.65. The van der Waals surface area contributed by atoms with Crippen molar-refractivity contribution in [2.75, 3.05) is 12.4 Å². The Labute approximate surface area is 118 Å². The third-order valence-corrected chi connectivity index (χ3v) is 3.38. The molecule has 19 heavy (non-hydrogen) atoms. The summed E-state index contributed by atoms with van der Waals surface area (Å²) in [6.45, 7) is 0. The molecule has 0 amide bonds. The minimum absolute atomic E-state index is 0.795. The molecule has 0 aliphatic carbocycles. The highest BCUT2D eigenvalue weighted by Gasteiger charge is 2.07. The molecule has 0 atom stereocenters. The number of pyridine rings is 1. The second-order valence-corrected chi connectivity index (χ2v) is 4.98. The first-order valence-electron chi connectivity index (χ1n) is 5.80. The smallest absolute Gasteiger partial charge is 0.142 e. The summed E-state index contributed by atoms with van der Waals surface area (Å²) in [4.78, 5) is 7.36. The first-order valence-corrected chi connectivity index (χ1v) is 6.60. The molecule has 0 bridgehead atoms. The van der Waals surface area contributed by atoms with Gasteiger partial charge in [-0.25, -0.2) is 4.98 Å². The number of ether oxygens (including phenoxy) is 1. The van der Waals surface area contributed by atoms with Crippen LogP contribution >= 0.6 is 15.9 Å². The SMILES string of the molecule is COc1ccc(Br)cc1Nc1ccnc2[nH]ccc12. The highest BCUT2D eigenvalue weighted by atomic mass is 79.9. The molecule has 96 valence electrons. The normalized spacial score (nSPS) is 10.6. The molecular formula is C14H12BrN3O. The van der Waals surface area contributed by atoms with Crippen LogP contribution in [0.2, 0.25) is 0 Å². The van der Waals surface area contributed by atoms with E-state index in [-0.39, 0.29) is 0 Å². The lowest BCUT2D eigenvalue weighted by Gasteiger charge is -2.12. The van der Waals surface area contributed by atoms with Crippen molar-refractivity contribution in [3.8, 4) is 5.75 Å². The number of benzene rings is 1. The van der Waals surface area contributed by atoms with Gasteiger partial charge < -0.3 is 15.0 Å². The van der Waals surface area contributed by atoms with Gasteiger partial charge in [0, 0.05) is 22.3 Å². The van der Waals surface area contributed by atoms with Gasteiger partial charge in [-0.3, -0.25) is 0 Å². The predicted octanol–water partition coefficient (Wildman–Crippen LogP) is 4.08. The number of hydrogen-bond donors (Lipinski definition) is 2. The summed E-state index contributed by atoms with van der Waals surface area (Å²) in [5.74, 6) is 0.795. The van der Waals surface area contributed by atoms with Crippen LogP contribution in [0.15, 0.2) is 47.2 Å². The number of nitrogens with one attached hydrogen (secondary N) is 2. The topological polar surface area (TPSA) is 49.9 Å². The molecule has 0 unspecified atom stereocenters. The summed E-state index contributed by atoms with van der Waals surface area (Å²) in [5.41, 5.74) is 2.76. The van der Waals surface area contributed by atoms with Crippen LogP contribution in [-0.2, 0) is 0 Å². The van der Waals surface area contributed by atoms with E-state index in [1.807, 2.05) is 36.5 Å². The Balaban J connectivity index is 2.05. The average Bonchev–Trinajstić information content (AvgIpc) is 2.88. The first-order chi connectivity index (χ1) is 9.28. The number of rotatable bonds is 3. The quantitative estimate of drug-likeness (QED) is 0.765. The predicted molar refractivity (Wildman–Crippen MR) is 80.1 cm³/mol. The van der Waals surface area contributed by atoms with E-state index in [1.54, 1.807) is 13.3 Å². The van der Waals surface area contributed by atoms with E-state index < -0.39 is 0 Å². The third-order valence-electron chi connectivity index (χ3n) is 2.89. The van der Waals surface area contributed by atoms with Crippen molar-refractivity contribution in [2.45, 2.75) is 0 Å². The molecule has 2 heterocycles. The van der Waals surface area contributed by atoms with E-state index >= 15 is 0 Å². The molecule has 2 aromatic heterocycles. The maximum Gasteiger partial charge on any atom is 0.142 e. The van der Waals surface area contributed by atoms with Crippen LogP contribution in [0, 0.1) is 0 Å². The standard InChI is InChI=1S/C14H12BrN3O/c1-19-13-3-2-9(15)8-12(13)18-11-5-7-17-14-10(11)4-6-16-14/h2-8H,1H3,(H2,16,17,18). The second-order valence-electron chi connectivity index (χ2n) is 4.07. The van der Waals surface area contributed by atoms with Gasteiger partial charge in [0.2, 0.25) is 0 Å². The highest BCUT2D eigenvalue weighted by Crippen LogP contribution is 2.32. The third kappa shape index (κ3) is 2.29. The van der Waals surface area contributed by atoms with Gasteiger partial charge in [0.05, 0.1) is 18.5 Å². The van der Waals surface area contributed by atoms with Crippen LogP contribution < -0.4 is 10.1 Å². The average molecular weight is 318 g/mol. The number of nitrogens with zero attached hydrogens (tertiary/aromatic N) is 1. The lowest BCUT2D eigenvalue weighted by atomic mass is 10.2. The van der Waals surface area contributed by atoms with Crippen molar-refractivity contribution < 1.29 is 4.74 Å². The molecule has 0 spiro atoms. The fourth-order valence-electron chi connectivity index (χ4n) is 1.99. The Morgan fingerprint density at radius 1 is 1.21 bits per heavy atom. The van der Waals surface area contributed by atoms with Crippen LogP contribution in [0.4, 0.5) is 11.4 Å². The van der Waals surface area contributed by atoms with E-state index in [0.29, 0.717) is 0 Å². The molecule has 1 aromatic carbocycles. The number of anilines is 2. The minimum atomic E-state index is 0.795. The number of fused-ring (bicyclic) bond motifs is 1. The largest absolute Gasteiger partial charge is 0.495 e. The summed E-state index contributed by atoms with van der Waals surface area (Å²) in [5, 5.41) is 4.42. The number of H-pyrrole nitrogens is 1. The minimum Gasteiger partial charge on any atom is -0.495 e. The molecule has 0 saturated carbocycles. The van der Waals surface area contributed by atoms with Crippen LogP contribution in [0.25, 0.3) is 11.0 Å². The second kappa shape index (κ2) is 4.93. The Kier molecular flexibility index (Phi) is 3.13. The van der Waals surface area contributed by atoms with Gasteiger partial charge in [0.1, 0.15) is 11.4 Å². The number of aromatic amines is 1. The summed E-state index contributed by atoms with van der Waals surface area (Å²) in [6, 6.07) is 9.79. The monoisotopic (exact) mass is 317 g/mol. The number of methoxy groups -OCH3 is 1. The Bertz CT molecular complexity index is 724. The molecule has 5 heteroatoms. The van der Waals surface area contributed by atoms with Crippen molar-refractivity contribution >= 4 is 38.3 Å². The number of halogens is 1. The van der Waals surface area contributed by atoms with Crippen molar-refractivity contribution in [3.05, 3.63) is 47.2 Å². The highest BCUT2D eigenvalue weighted by molar-refractivity contribution is 9.10. The Morgan fingerprint density at radius 3 is 2.95 bits per heavy atom. The van der Waals surface area contributed by atoms with Gasteiger partial charge in [-0.15, -0.1) is 0 Å². The summed E-state index contributed by atoms with van der Waals surface area (Å²) >= 11 is 3.47. The van der Waals surface area contributed by atoms with Crippen molar-refractivity contribution in [1.82, 2.24) is 9.97 Å². The number of aromatic nitrogens is 2. The van der Waals surface area contributed by atoms with Gasteiger partial charge in [0.25, 0.3) is 0 Å². The molecule has 0 aliphatic heterocycles. The molecule has 0 saturated heterocycles. The molecule has 0 radical (unpaired) electrons. The maximum atomic E-state index is 5.36. The van der Waals surface area contributed by atoms with Gasteiger partial charge in [0.15, 0.2) is 0 Å². The molecular weight excluding hydrogens is 306 g/mol. The molecule has 0 aliphatic rings. The van der Waals surface area contributed by atoms with Gasteiger partial charge in [-0.05, 0) is 30.3 Å². The van der Waals surface area contributed by atoms with Crippen LogP contribution in [0.3, 0.4) is 0 Å². The van der Waals surface area contributed by atoms with Gasteiger partial charge >= 0.3 is 0 Å². The maximum absolute atomic E-state index is 5.36. The lowest BCUT2D eigenvalue weighted by Crippen LogP contribution is -1.95. The first kappa shape index (κ1) is 12.0. The fraction of sp³-hybridized carbons (Fsp3) is 0.0714.